The van der Waals surface area contributed by atoms with Gasteiger partial charge in [0.1, 0.15) is 0 Å². The van der Waals surface area contributed by atoms with Crippen molar-refractivity contribution >= 4 is 0 Å². The average molecular weight is 363 g/mol. The van der Waals surface area contributed by atoms with E-state index in [0.717, 1.165) is 5.92 Å². The van der Waals surface area contributed by atoms with Crippen LogP contribution < -0.4 is 0 Å². The van der Waals surface area contributed by atoms with Gasteiger partial charge in [0.2, 0.25) is 0 Å². The summed E-state index contributed by atoms with van der Waals surface area (Å²) >= 11 is 0. The van der Waals surface area contributed by atoms with E-state index in [-0.39, 0.29) is 0 Å². The summed E-state index contributed by atoms with van der Waals surface area (Å²) < 4.78 is 0. The van der Waals surface area contributed by atoms with E-state index in [1.54, 1.807) is 11.1 Å². The average Bonchev–Trinajstić information content (AvgIpc) is 2.72. The lowest BCUT2D eigenvalue weighted by atomic mass is 9.80. The Labute approximate surface area is 167 Å². The van der Waals surface area contributed by atoms with Crippen LogP contribution in [0.3, 0.4) is 0 Å². The second kappa shape index (κ2) is 10.7. The van der Waals surface area contributed by atoms with Crippen molar-refractivity contribution in [2.24, 2.45) is 5.92 Å². The Morgan fingerprint density at radius 3 is 2.26 bits per heavy atom. The summed E-state index contributed by atoms with van der Waals surface area (Å²) in [6, 6.07) is 16.6. The van der Waals surface area contributed by atoms with E-state index in [9.17, 15) is 0 Å². The number of hydrogen-bond donors (Lipinski definition) is 0. The van der Waals surface area contributed by atoms with Gasteiger partial charge in [0.05, 0.1) is 0 Å². The Bertz CT molecular complexity index is 680. The molecule has 0 spiro atoms. The lowest BCUT2D eigenvalue weighted by molar-refractivity contribution is 0.413. The molecule has 1 aliphatic carbocycles. The quantitative estimate of drug-likeness (QED) is 0.374. The molecule has 2 aromatic rings. The fraction of sp³-hybridized carbons (Fsp3) is 0.556. The summed E-state index contributed by atoms with van der Waals surface area (Å²) in [6.45, 7) is 4.59. The van der Waals surface area contributed by atoms with Crippen molar-refractivity contribution in [3.63, 3.8) is 0 Å². The molecule has 1 unspecified atom stereocenters. The van der Waals surface area contributed by atoms with Crippen molar-refractivity contribution < 1.29 is 0 Å². The van der Waals surface area contributed by atoms with Gasteiger partial charge < -0.3 is 0 Å². The summed E-state index contributed by atoms with van der Waals surface area (Å²) in [6.07, 6.45) is 16.1. The van der Waals surface area contributed by atoms with Crippen LogP contribution in [0, 0.1) is 5.92 Å². The first-order valence-electron chi connectivity index (χ1n) is 11.5. The molecule has 0 aliphatic heterocycles. The minimum absolute atomic E-state index is 0.917. The van der Waals surface area contributed by atoms with Gasteiger partial charge >= 0.3 is 0 Å². The topological polar surface area (TPSA) is 0 Å². The maximum Gasteiger partial charge on any atom is -0.0181 e. The van der Waals surface area contributed by atoms with Crippen LogP contribution in [-0.4, -0.2) is 0 Å². The molecule has 0 saturated carbocycles. The Hall–Kier alpha value is -1.56. The van der Waals surface area contributed by atoms with Crippen LogP contribution in [0.1, 0.15) is 88.3 Å². The molecule has 2 aromatic carbocycles. The summed E-state index contributed by atoms with van der Waals surface area (Å²) in [7, 11) is 0. The van der Waals surface area contributed by atoms with Crippen molar-refractivity contribution in [1.29, 1.82) is 0 Å². The minimum atomic E-state index is 0.917. The lowest BCUT2D eigenvalue weighted by Crippen LogP contribution is -2.14. The Kier molecular flexibility index (Phi) is 7.99. The van der Waals surface area contributed by atoms with E-state index in [4.69, 9.17) is 0 Å². The molecule has 0 nitrogen and oxygen atoms in total. The Morgan fingerprint density at radius 1 is 0.741 bits per heavy atom. The monoisotopic (exact) mass is 362 g/mol. The smallest absolute Gasteiger partial charge is 0.0181 e. The van der Waals surface area contributed by atoms with Crippen LogP contribution in [0.2, 0.25) is 0 Å². The fourth-order valence-corrected chi connectivity index (χ4v) is 4.55. The third-order valence-corrected chi connectivity index (χ3v) is 6.36. The summed E-state index contributed by atoms with van der Waals surface area (Å²) in [4.78, 5) is 0. The number of fused-ring (bicyclic) bond motifs is 1. The van der Waals surface area contributed by atoms with Gasteiger partial charge in [-0.25, -0.2) is 0 Å². The maximum atomic E-state index is 2.46. The molecular formula is C27H38. The number of unbranched alkanes of at least 4 members (excludes halogenated alkanes) is 5. The zero-order valence-electron chi connectivity index (χ0n) is 17.6. The molecule has 3 rings (SSSR count). The molecule has 0 amide bonds. The van der Waals surface area contributed by atoms with Crippen LogP contribution in [0.25, 0.3) is 11.1 Å². The highest BCUT2D eigenvalue weighted by atomic mass is 14.2. The third-order valence-electron chi connectivity index (χ3n) is 6.36. The van der Waals surface area contributed by atoms with Crippen LogP contribution in [-0.2, 0) is 19.3 Å². The number of benzene rings is 2. The number of aryl methyl sites for hydroxylation is 2. The molecule has 0 radical (unpaired) electrons. The van der Waals surface area contributed by atoms with E-state index < -0.39 is 0 Å². The molecule has 0 bridgehead atoms. The third kappa shape index (κ3) is 5.96. The summed E-state index contributed by atoms with van der Waals surface area (Å²) in [5, 5.41) is 0. The van der Waals surface area contributed by atoms with Crippen molar-refractivity contribution in [3.8, 4) is 11.1 Å². The van der Waals surface area contributed by atoms with Crippen LogP contribution in [0.5, 0.6) is 0 Å². The van der Waals surface area contributed by atoms with Crippen LogP contribution >= 0.6 is 0 Å². The van der Waals surface area contributed by atoms with Gasteiger partial charge in [-0.15, -0.1) is 0 Å². The first-order chi connectivity index (χ1) is 13.3. The molecular weight excluding hydrogens is 324 g/mol. The minimum Gasteiger partial charge on any atom is -0.0654 e. The SMILES string of the molecule is CCCCCCCc1ccc(-c2ccc3c(c2)CCC(CCCC)C3)cc1. The van der Waals surface area contributed by atoms with Crippen LogP contribution in [0.4, 0.5) is 0 Å². The van der Waals surface area contributed by atoms with E-state index >= 15 is 0 Å². The highest BCUT2D eigenvalue weighted by molar-refractivity contribution is 5.65. The van der Waals surface area contributed by atoms with E-state index in [2.05, 4.69) is 56.3 Å². The van der Waals surface area contributed by atoms with Crippen molar-refractivity contribution in [3.05, 3.63) is 59.2 Å². The second-order valence-electron chi connectivity index (χ2n) is 8.60. The lowest BCUT2D eigenvalue weighted by Gasteiger charge is -2.25. The number of rotatable bonds is 10. The molecule has 0 N–H and O–H groups in total. The molecule has 0 fully saturated rings. The molecule has 1 atom stereocenters. The highest BCUT2D eigenvalue weighted by Crippen LogP contribution is 2.32. The normalized spacial score (nSPS) is 16.3. The van der Waals surface area contributed by atoms with E-state index in [0.29, 0.717) is 0 Å². The van der Waals surface area contributed by atoms with Gasteiger partial charge in [0.25, 0.3) is 0 Å². The van der Waals surface area contributed by atoms with E-state index in [1.807, 2.05) is 0 Å². The molecule has 1 aliphatic rings. The van der Waals surface area contributed by atoms with Gasteiger partial charge in [-0.1, -0.05) is 101 Å². The van der Waals surface area contributed by atoms with Crippen molar-refractivity contribution in [1.82, 2.24) is 0 Å². The predicted molar refractivity (Wildman–Crippen MR) is 119 cm³/mol. The van der Waals surface area contributed by atoms with E-state index in [1.165, 1.54) is 93.7 Å². The fourth-order valence-electron chi connectivity index (χ4n) is 4.55. The molecule has 27 heavy (non-hydrogen) atoms. The summed E-state index contributed by atoms with van der Waals surface area (Å²) in [5.41, 5.74) is 7.47. The van der Waals surface area contributed by atoms with Crippen molar-refractivity contribution in [2.75, 3.05) is 0 Å². The largest absolute Gasteiger partial charge is 0.0654 e. The van der Waals surface area contributed by atoms with Gasteiger partial charge in [-0.3, -0.25) is 0 Å². The van der Waals surface area contributed by atoms with Gasteiger partial charge in [-0.05, 0) is 65.8 Å². The number of hydrogen-bond acceptors (Lipinski definition) is 0. The van der Waals surface area contributed by atoms with Gasteiger partial charge in [0.15, 0.2) is 0 Å². The highest BCUT2D eigenvalue weighted by Gasteiger charge is 2.18. The van der Waals surface area contributed by atoms with Gasteiger partial charge in [0, 0.05) is 0 Å². The molecule has 0 saturated heterocycles. The van der Waals surface area contributed by atoms with Crippen LogP contribution in [0.15, 0.2) is 42.5 Å². The molecule has 0 heterocycles. The first kappa shape index (κ1) is 20.2. The maximum absolute atomic E-state index is 2.46. The zero-order chi connectivity index (χ0) is 18.9. The molecule has 0 heteroatoms. The molecule has 146 valence electrons. The Balaban J connectivity index is 1.57. The summed E-state index contributed by atoms with van der Waals surface area (Å²) in [5.74, 6) is 0.917. The van der Waals surface area contributed by atoms with Gasteiger partial charge in [-0.2, -0.15) is 0 Å². The predicted octanol–water partition coefficient (Wildman–Crippen LogP) is 8.16. The van der Waals surface area contributed by atoms with Crippen molar-refractivity contribution in [2.45, 2.75) is 90.9 Å². The molecule has 0 aromatic heterocycles. The standard InChI is InChI=1S/C27H38/c1-3-5-7-8-9-11-22-12-15-24(16-13-22)26-19-18-25-20-23(10-6-4-2)14-17-27(25)21-26/h12-13,15-16,18-19,21,23H,3-11,14,17,20H2,1-2H3. The first-order valence-corrected chi connectivity index (χ1v) is 11.5. The zero-order valence-corrected chi connectivity index (χ0v) is 17.6. The second-order valence-corrected chi connectivity index (χ2v) is 8.60. The Morgan fingerprint density at radius 2 is 1.48 bits per heavy atom.